The van der Waals surface area contributed by atoms with Crippen LogP contribution in [0, 0.1) is 5.92 Å². The van der Waals surface area contributed by atoms with Crippen LogP contribution in [0.15, 0.2) is 24.3 Å². The first kappa shape index (κ1) is 19.1. The molecule has 0 heterocycles. The zero-order valence-corrected chi connectivity index (χ0v) is 15.2. The Hall–Kier alpha value is -2.24. The molecule has 1 saturated carbocycles. The molecule has 25 heavy (non-hydrogen) atoms. The van der Waals surface area contributed by atoms with Crippen molar-refractivity contribution >= 4 is 12.0 Å². The molecule has 0 radical (unpaired) electrons. The third kappa shape index (κ3) is 7.45. The van der Waals surface area contributed by atoms with Gasteiger partial charge in [0.15, 0.2) is 0 Å². The van der Waals surface area contributed by atoms with Crippen LogP contribution in [0.1, 0.15) is 45.6 Å². The van der Waals surface area contributed by atoms with Crippen molar-refractivity contribution in [3.63, 3.8) is 0 Å². The van der Waals surface area contributed by atoms with Crippen molar-refractivity contribution in [3.05, 3.63) is 29.8 Å². The van der Waals surface area contributed by atoms with Gasteiger partial charge < -0.3 is 20.1 Å². The topological polar surface area (TPSA) is 78.9 Å². The lowest BCUT2D eigenvalue weighted by atomic mass is 10.2. The minimum atomic E-state index is -0.554. The first-order valence-electron chi connectivity index (χ1n) is 8.75. The second-order valence-corrected chi connectivity index (χ2v) is 7.57. The van der Waals surface area contributed by atoms with Gasteiger partial charge in [-0.15, -0.1) is 0 Å². The Morgan fingerprint density at radius 1 is 1.32 bits per heavy atom. The van der Waals surface area contributed by atoms with E-state index >= 15 is 0 Å². The number of carbonyl (C=O) groups is 2. The lowest BCUT2D eigenvalue weighted by Crippen LogP contribution is -2.37. The van der Waals surface area contributed by atoms with E-state index in [1.807, 2.05) is 11.0 Å². The fourth-order valence-corrected chi connectivity index (χ4v) is 2.49. The summed E-state index contributed by atoms with van der Waals surface area (Å²) in [6, 6.07) is 6.95. The molecular weight excluding hydrogens is 320 g/mol. The van der Waals surface area contributed by atoms with E-state index in [1.54, 1.807) is 39.0 Å². The number of ether oxygens (including phenoxy) is 1. The summed E-state index contributed by atoms with van der Waals surface area (Å²) in [7, 11) is 0. The number of amides is 2. The van der Waals surface area contributed by atoms with Gasteiger partial charge in [0, 0.05) is 26.1 Å². The van der Waals surface area contributed by atoms with Gasteiger partial charge in [-0.25, -0.2) is 4.79 Å². The number of phenols is 1. The zero-order valence-electron chi connectivity index (χ0n) is 15.2. The average Bonchev–Trinajstić information content (AvgIpc) is 3.28. The predicted octanol–water partition coefficient (Wildman–Crippen LogP) is 3.05. The fraction of sp³-hybridized carbons (Fsp3) is 0.579. The molecule has 2 N–H and O–H groups in total. The maximum Gasteiger partial charge on any atom is 0.407 e. The smallest absolute Gasteiger partial charge is 0.407 e. The number of hydrogen-bond donors (Lipinski definition) is 2. The van der Waals surface area contributed by atoms with E-state index in [0.29, 0.717) is 12.5 Å². The Bertz CT molecular complexity index is 606. The molecule has 0 saturated heterocycles. The maximum absolute atomic E-state index is 12.5. The maximum atomic E-state index is 12.5. The summed E-state index contributed by atoms with van der Waals surface area (Å²) in [5.41, 5.74) is 0.343. The number of nitrogens with zero attached hydrogens (tertiary/aromatic N) is 1. The molecule has 0 bridgehead atoms. The summed E-state index contributed by atoms with van der Waals surface area (Å²) in [5.74, 6) is 0.759. The minimum Gasteiger partial charge on any atom is -0.508 e. The highest BCUT2D eigenvalue weighted by molar-refractivity contribution is 5.77. The SMILES string of the molecule is CC(C)(C)OC(=O)NCCC(=O)N(Cc1cccc(O)c1)CC1CC1. The van der Waals surface area contributed by atoms with E-state index in [-0.39, 0.29) is 24.6 Å². The van der Waals surface area contributed by atoms with E-state index in [9.17, 15) is 14.7 Å². The molecule has 1 aromatic rings. The lowest BCUT2D eigenvalue weighted by Gasteiger charge is -2.23. The van der Waals surface area contributed by atoms with Crippen molar-refractivity contribution in [2.75, 3.05) is 13.1 Å². The van der Waals surface area contributed by atoms with Crippen LogP contribution in [0.25, 0.3) is 0 Å². The third-order valence-electron chi connectivity index (χ3n) is 3.82. The summed E-state index contributed by atoms with van der Waals surface area (Å²) in [4.78, 5) is 26.0. The van der Waals surface area contributed by atoms with E-state index in [1.165, 1.54) is 0 Å². The molecule has 1 aliphatic carbocycles. The van der Waals surface area contributed by atoms with E-state index in [4.69, 9.17) is 4.74 Å². The number of alkyl carbamates (subject to hydrolysis) is 1. The van der Waals surface area contributed by atoms with Gasteiger partial charge in [-0.2, -0.15) is 0 Å². The Morgan fingerprint density at radius 3 is 2.64 bits per heavy atom. The van der Waals surface area contributed by atoms with Crippen molar-refractivity contribution in [3.8, 4) is 5.75 Å². The Labute approximate surface area is 149 Å². The summed E-state index contributed by atoms with van der Waals surface area (Å²) in [5, 5.41) is 12.2. The number of nitrogens with one attached hydrogen (secondary N) is 1. The Kier molecular flexibility index (Phi) is 6.28. The number of hydrogen-bond acceptors (Lipinski definition) is 4. The van der Waals surface area contributed by atoms with Crippen LogP contribution in [0.2, 0.25) is 0 Å². The summed E-state index contributed by atoms with van der Waals surface area (Å²) < 4.78 is 5.16. The zero-order chi connectivity index (χ0) is 18.4. The van der Waals surface area contributed by atoms with Crippen molar-refractivity contribution in [2.45, 2.75) is 52.2 Å². The first-order valence-corrected chi connectivity index (χ1v) is 8.75. The summed E-state index contributed by atoms with van der Waals surface area (Å²) in [6.45, 7) is 6.82. The normalized spacial score (nSPS) is 14.0. The number of carbonyl (C=O) groups excluding carboxylic acids is 2. The van der Waals surface area contributed by atoms with Crippen LogP contribution in [0.5, 0.6) is 5.75 Å². The lowest BCUT2D eigenvalue weighted by molar-refractivity contribution is -0.132. The second kappa shape index (κ2) is 8.23. The van der Waals surface area contributed by atoms with Crippen LogP contribution in [-0.4, -0.2) is 40.7 Å². The first-order chi connectivity index (χ1) is 11.7. The molecule has 1 aliphatic rings. The van der Waals surface area contributed by atoms with Crippen LogP contribution in [0.4, 0.5) is 4.79 Å². The molecule has 0 aliphatic heterocycles. The van der Waals surface area contributed by atoms with Gasteiger partial charge in [-0.3, -0.25) is 4.79 Å². The van der Waals surface area contributed by atoms with E-state index in [2.05, 4.69) is 5.32 Å². The van der Waals surface area contributed by atoms with Gasteiger partial charge in [-0.1, -0.05) is 12.1 Å². The number of rotatable bonds is 7. The quantitative estimate of drug-likeness (QED) is 0.794. The van der Waals surface area contributed by atoms with Crippen LogP contribution in [0.3, 0.4) is 0 Å². The van der Waals surface area contributed by atoms with Crippen LogP contribution in [-0.2, 0) is 16.1 Å². The highest BCUT2D eigenvalue weighted by atomic mass is 16.6. The average molecular weight is 348 g/mol. The molecule has 1 fully saturated rings. The highest BCUT2D eigenvalue weighted by Gasteiger charge is 2.27. The molecule has 6 nitrogen and oxygen atoms in total. The van der Waals surface area contributed by atoms with Gasteiger partial charge in [0.25, 0.3) is 0 Å². The van der Waals surface area contributed by atoms with Gasteiger partial charge in [0.2, 0.25) is 5.91 Å². The summed E-state index contributed by atoms with van der Waals surface area (Å²) >= 11 is 0. The molecule has 0 unspecified atom stereocenters. The van der Waals surface area contributed by atoms with Gasteiger partial charge >= 0.3 is 6.09 Å². The standard InChI is InChI=1S/C19H28N2O4/c1-19(2,3)25-18(24)20-10-9-17(23)21(12-14-7-8-14)13-15-5-4-6-16(22)11-15/h4-6,11,14,22H,7-10,12-13H2,1-3H3,(H,20,24). The van der Waals surface area contributed by atoms with Gasteiger partial charge in [-0.05, 0) is 57.2 Å². The molecule has 138 valence electrons. The molecule has 0 atom stereocenters. The van der Waals surface area contributed by atoms with Crippen LogP contribution >= 0.6 is 0 Å². The van der Waals surface area contributed by atoms with E-state index in [0.717, 1.165) is 24.9 Å². The van der Waals surface area contributed by atoms with Crippen molar-refractivity contribution in [1.82, 2.24) is 10.2 Å². The number of phenolic OH excluding ortho intramolecular Hbond substituents is 1. The van der Waals surface area contributed by atoms with Crippen LogP contribution < -0.4 is 5.32 Å². The highest BCUT2D eigenvalue weighted by Crippen LogP contribution is 2.30. The summed E-state index contributed by atoms with van der Waals surface area (Å²) in [6.07, 6.45) is 2.02. The number of benzene rings is 1. The van der Waals surface area contributed by atoms with E-state index < -0.39 is 11.7 Å². The van der Waals surface area contributed by atoms with Crippen molar-refractivity contribution < 1.29 is 19.4 Å². The minimum absolute atomic E-state index is 0.00805. The molecule has 0 aromatic heterocycles. The van der Waals surface area contributed by atoms with Crippen molar-refractivity contribution in [1.29, 1.82) is 0 Å². The fourth-order valence-electron chi connectivity index (χ4n) is 2.49. The molecule has 2 rings (SSSR count). The van der Waals surface area contributed by atoms with Gasteiger partial charge in [0.1, 0.15) is 11.4 Å². The third-order valence-corrected chi connectivity index (χ3v) is 3.82. The molecule has 6 heteroatoms. The largest absolute Gasteiger partial charge is 0.508 e. The molecular formula is C19H28N2O4. The predicted molar refractivity (Wildman–Crippen MR) is 95.1 cm³/mol. The molecule has 0 spiro atoms. The second-order valence-electron chi connectivity index (χ2n) is 7.57. The molecule has 1 aromatic carbocycles. The Balaban J connectivity index is 1.84. The van der Waals surface area contributed by atoms with Crippen molar-refractivity contribution in [2.24, 2.45) is 5.92 Å². The molecule has 2 amide bonds. The monoisotopic (exact) mass is 348 g/mol. The number of aromatic hydroxyl groups is 1. The van der Waals surface area contributed by atoms with Gasteiger partial charge in [0.05, 0.1) is 0 Å². The Morgan fingerprint density at radius 2 is 2.04 bits per heavy atom.